The van der Waals surface area contributed by atoms with E-state index < -0.39 is 32.8 Å². The SMILES string of the molecule is CC1(S(=O)(=O)NC(=O)[C@H]2C[C@H]2/C=C\CCCCC[C@H](Nc2ccccc2)C(=O)N2CCC[C@H]2C(N)=O)CC1. The number of hydrogen-bond acceptors (Lipinski definition) is 6. The van der Waals surface area contributed by atoms with Gasteiger partial charge in [0.25, 0.3) is 0 Å². The minimum absolute atomic E-state index is 0.0780. The van der Waals surface area contributed by atoms with E-state index in [1.54, 1.807) is 11.8 Å². The summed E-state index contributed by atoms with van der Waals surface area (Å²) in [6.45, 7) is 2.22. The predicted molar refractivity (Wildman–Crippen MR) is 146 cm³/mol. The second kappa shape index (κ2) is 11.9. The van der Waals surface area contributed by atoms with Crippen molar-refractivity contribution >= 4 is 33.4 Å². The molecule has 4 atom stereocenters. The lowest BCUT2D eigenvalue weighted by Crippen LogP contribution is -2.49. The third kappa shape index (κ3) is 6.95. The van der Waals surface area contributed by atoms with Crippen LogP contribution in [0.15, 0.2) is 42.5 Å². The van der Waals surface area contributed by atoms with Crippen LogP contribution < -0.4 is 15.8 Å². The van der Waals surface area contributed by atoms with Gasteiger partial charge in [-0.25, -0.2) is 8.42 Å². The van der Waals surface area contributed by atoms with Gasteiger partial charge in [-0.15, -0.1) is 0 Å². The number of carbonyl (C=O) groups is 3. The number of anilines is 1. The summed E-state index contributed by atoms with van der Waals surface area (Å²) in [5.41, 5.74) is 6.40. The zero-order valence-electron chi connectivity index (χ0n) is 22.1. The summed E-state index contributed by atoms with van der Waals surface area (Å²) >= 11 is 0. The third-order valence-corrected chi connectivity index (χ3v) is 10.2. The number of nitrogens with two attached hydrogens (primary N) is 1. The zero-order chi connectivity index (χ0) is 27.3. The highest BCUT2D eigenvalue weighted by atomic mass is 32.2. The molecular formula is C28H40N4O5S. The maximum atomic E-state index is 13.3. The van der Waals surface area contributed by atoms with E-state index in [9.17, 15) is 22.8 Å². The highest BCUT2D eigenvalue weighted by molar-refractivity contribution is 7.91. The Hall–Kier alpha value is -2.88. The van der Waals surface area contributed by atoms with Crippen LogP contribution in [0.5, 0.6) is 0 Å². The Morgan fingerprint density at radius 3 is 2.58 bits per heavy atom. The van der Waals surface area contributed by atoms with Gasteiger partial charge in [0.2, 0.25) is 27.7 Å². The largest absolute Gasteiger partial charge is 0.374 e. The van der Waals surface area contributed by atoms with Crippen LogP contribution in [-0.4, -0.2) is 54.4 Å². The standard InChI is InChI=1S/C28H40N4O5S/c1-28(16-17-28)38(36,37)31-26(34)22-19-20(22)11-6-3-2-4-9-14-23(30-21-12-7-5-8-13-21)27(35)32-18-10-15-24(32)25(29)33/h5-8,11-13,20,22-24,30H,2-4,9-10,14-19H2,1H3,(H2,29,33)(H,31,34)/b11-6-/t20-,22+,23+,24+/m1/s1. The van der Waals surface area contributed by atoms with Crippen molar-refractivity contribution in [3.8, 4) is 0 Å². The topological polar surface area (TPSA) is 139 Å². The molecule has 3 amide bonds. The summed E-state index contributed by atoms with van der Waals surface area (Å²) in [6, 6.07) is 8.65. The number of rotatable bonds is 14. The van der Waals surface area contributed by atoms with Crippen molar-refractivity contribution in [1.82, 2.24) is 9.62 Å². The van der Waals surface area contributed by atoms with Gasteiger partial charge in [-0.2, -0.15) is 0 Å². The molecule has 2 aliphatic carbocycles. The molecule has 1 saturated heterocycles. The molecule has 208 valence electrons. The number of unbranched alkanes of at least 4 members (excludes halogenated alkanes) is 3. The number of amides is 3. The van der Waals surface area contributed by atoms with Gasteiger partial charge < -0.3 is 16.0 Å². The van der Waals surface area contributed by atoms with E-state index in [-0.39, 0.29) is 23.7 Å². The molecule has 0 bridgehead atoms. The monoisotopic (exact) mass is 544 g/mol. The molecular weight excluding hydrogens is 504 g/mol. The molecule has 1 aliphatic heterocycles. The van der Waals surface area contributed by atoms with E-state index in [1.165, 1.54) is 0 Å². The van der Waals surface area contributed by atoms with Gasteiger partial charge in [-0.05, 0) is 76.3 Å². The van der Waals surface area contributed by atoms with Gasteiger partial charge in [0.1, 0.15) is 12.1 Å². The summed E-state index contributed by atoms with van der Waals surface area (Å²) < 4.78 is 26.0. The van der Waals surface area contributed by atoms with Crippen LogP contribution in [0.25, 0.3) is 0 Å². The number of benzene rings is 1. The van der Waals surface area contributed by atoms with Crippen molar-refractivity contribution in [2.75, 3.05) is 11.9 Å². The van der Waals surface area contributed by atoms with Crippen LogP contribution in [0.2, 0.25) is 0 Å². The summed E-state index contributed by atoms with van der Waals surface area (Å²) in [5, 5.41) is 3.35. The van der Waals surface area contributed by atoms with Gasteiger partial charge in [0.05, 0.1) is 4.75 Å². The summed E-state index contributed by atoms with van der Waals surface area (Å²) in [5.74, 6) is -1.06. The van der Waals surface area contributed by atoms with Crippen LogP contribution >= 0.6 is 0 Å². The molecule has 10 heteroatoms. The maximum Gasteiger partial charge on any atom is 0.245 e. The summed E-state index contributed by atoms with van der Waals surface area (Å²) in [7, 11) is -3.57. The molecule has 38 heavy (non-hydrogen) atoms. The number of para-hydroxylation sites is 1. The van der Waals surface area contributed by atoms with E-state index in [0.717, 1.165) is 37.8 Å². The molecule has 0 spiro atoms. The molecule has 2 saturated carbocycles. The molecule has 1 heterocycles. The van der Waals surface area contributed by atoms with Crippen molar-refractivity contribution in [3.63, 3.8) is 0 Å². The van der Waals surface area contributed by atoms with Crippen molar-refractivity contribution in [3.05, 3.63) is 42.5 Å². The smallest absolute Gasteiger partial charge is 0.245 e. The Morgan fingerprint density at radius 1 is 1.16 bits per heavy atom. The first-order valence-corrected chi connectivity index (χ1v) is 15.2. The molecule has 1 aromatic carbocycles. The number of nitrogens with one attached hydrogen (secondary N) is 2. The van der Waals surface area contributed by atoms with Gasteiger partial charge in [-0.3, -0.25) is 19.1 Å². The molecule has 0 unspecified atom stereocenters. The second-order valence-corrected chi connectivity index (χ2v) is 13.3. The van der Waals surface area contributed by atoms with Crippen LogP contribution in [0.3, 0.4) is 0 Å². The number of carbonyl (C=O) groups excluding carboxylic acids is 3. The van der Waals surface area contributed by atoms with Gasteiger partial charge in [0, 0.05) is 18.2 Å². The molecule has 4 rings (SSSR count). The lowest BCUT2D eigenvalue weighted by molar-refractivity contribution is -0.138. The third-order valence-electron chi connectivity index (χ3n) is 8.04. The highest BCUT2D eigenvalue weighted by Crippen LogP contribution is 2.44. The van der Waals surface area contributed by atoms with Gasteiger partial charge in [-0.1, -0.05) is 43.2 Å². The molecule has 0 radical (unpaired) electrons. The summed E-state index contributed by atoms with van der Waals surface area (Å²) in [4.78, 5) is 39.1. The van der Waals surface area contributed by atoms with Crippen molar-refractivity contribution in [2.24, 2.45) is 17.6 Å². The minimum atomic E-state index is -3.57. The van der Waals surface area contributed by atoms with E-state index in [2.05, 4.69) is 16.1 Å². The van der Waals surface area contributed by atoms with Gasteiger partial charge >= 0.3 is 0 Å². The number of nitrogens with zero attached hydrogens (tertiary/aromatic N) is 1. The Bertz CT molecular complexity index is 1150. The Kier molecular flexibility index (Phi) is 8.80. The molecule has 1 aromatic rings. The van der Waals surface area contributed by atoms with Crippen molar-refractivity contribution in [2.45, 2.75) is 88.0 Å². The van der Waals surface area contributed by atoms with Crippen LogP contribution in [0, 0.1) is 11.8 Å². The quantitative estimate of drug-likeness (QED) is 0.243. The van der Waals surface area contributed by atoms with Crippen LogP contribution in [0.1, 0.15) is 71.1 Å². The fraction of sp³-hybridized carbons (Fsp3) is 0.607. The lowest BCUT2D eigenvalue weighted by Gasteiger charge is -2.28. The minimum Gasteiger partial charge on any atom is -0.374 e. The molecule has 3 fully saturated rings. The predicted octanol–water partition coefficient (Wildman–Crippen LogP) is 3.08. The Labute approximate surface area is 225 Å². The first-order valence-electron chi connectivity index (χ1n) is 13.8. The molecule has 9 nitrogen and oxygen atoms in total. The van der Waals surface area contributed by atoms with Crippen molar-refractivity contribution in [1.29, 1.82) is 0 Å². The number of primary amides is 1. The fourth-order valence-corrected chi connectivity index (χ4v) is 6.38. The fourth-order valence-electron chi connectivity index (χ4n) is 5.08. The molecule has 3 aliphatic rings. The van der Waals surface area contributed by atoms with Crippen LogP contribution in [0.4, 0.5) is 5.69 Å². The summed E-state index contributed by atoms with van der Waals surface area (Å²) in [6.07, 6.45) is 11.6. The van der Waals surface area contributed by atoms with Crippen molar-refractivity contribution < 1.29 is 22.8 Å². The lowest BCUT2D eigenvalue weighted by atomic mass is 10.0. The molecule has 0 aromatic heterocycles. The van der Waals surface area contributed by atoms with Gasteiger partial charge in [0.15, 0.2) is 0 Å². The maximum absolute atomic E-state index is 13.3. The van der Waals surface area contributed by atoms with E-state index in [4.69, 9.17) is 5.73 Å². The van der Waals surface area contributed by atoms with E-state index >= 15 is 0 Å². The Balaban J connectivity index is 1.19. The Morgan fingerprint density at radius 2 is 1.89 bits per heavy atom. The van der Waals surface area contributed by atoms with E-state index in [0.29, 0.717) is 38.6 Å². The second-order valence-electron chi connectivity index (χ2n) is 11.1. The average molecular weight is 545 g/mol. The first-order chi connectivity index (χ1) is 18.1. The number of hydrogen-bond donors (Lipinski definition) is 3. The molecule has 4 N–H and O–H groups in total. The van der Waals surface area contributed by atoms with E-state index in [1.807, 2.05) is 36.4 Å². The number of allylic oxidation sites excluding steroid dienone is 2. The van der Waals surface area contributed by atoms with Crippen LogP contribution in [-0.2, 0) is 24.4 Å². The first kappa shape index (κ1) is 28.1. The number of likely N-dealkylation sites (tertiary alicyclic amines) is 1. The normalized spacial score (nSPS) is 24.7. The number of sulfonamides is 1. The highest BCUT2D eigenvalue weighted by Gasteiger charge is 2.52. The zero-order valence-corrected chi connectivity index (χ0v) is 22.9. The average Bonchev–Trinajstić information content (AvgIpc) is 3.78.